The molecule has 0 spiro atoms. The standard InChI is InChI=1S/C28H32BrFN4O4S/c1-4-31-28(36)26(18-21-9-6-5-7-10-21)33(19-22-11-8-12-23(29)17-22)27(35)20-34(39(37,38)32(2)3)25-15-13-24(30)14-16-25/h5-17,26H,4,18-20H2,1-3H3,(H,31,36)/t26-/m0/s1. The van der Waals surface area contributed by atoms with E-state index in [2.05, 4.69) is 21.2 Å². The molecule has 1 N–H and O–H groups in total. The lowest BCUT2D eigenvalue weighted by Crippen LogP contribution is -2.54. The molecule has 0 radical (unpaired) electrons. The first kappa shape index (κ1) is 30.3. The third-order valence-corrected chi connectivity index (χ3v) is 8.31. The summed E-state index contributed by atoms with van der Waals surface area (Å²) in [5, 5.41) is 2.81. The van der Waals surface area contributed by atoms with Gasteiger partial charge in [-0.1, -0.05) is 58.4 Å². The van der Waals surface area contributed by atoms with Crippen molar-refractivity contribution in [1.82, 2.24) is 14.5 Å². The number of likely N-dealkylation sites (N-methyl/N-ethyl adjacent to an activating group) is 1. The molecular weight excluding hydrogens is 587 g/mol. The van der Waals surface area contributed by atoms with Gasteiger partial charge in [0.2, 0.25) is 11.8 Å². The van der Waals surface area contributed by atoms with Gasteiger partial charge in [-0.3, -0.25) is 9.59 Å². The molecule has 39 heavy (non-hydrogen) atoms. The van der Waals surface area contributed by atoms with Gasteiger partial charge >= 0.3 is 10.2 Å². The van der Waals surface area contributed by atoms with Gasteiger partial charge in [0.15, 0.2) is 0 Å². The molecule has 2 amide bonds. The molecule has 0 bridgehead atoms. The average Bonchev–Trinajstić information content (AvgIpc) is 2.90. The lowest BCUT2D eigenvalue weighted by Gasteiger charge is -2.34. The molecule has 1 atom stereocenters. The molecule has 8 nitrogen and oxygen atoms in total. The quantitative estimate of drug-likeness (QED) is 0.332. The zero-order valence-corrected chi connectivity index (χ0v) is 24.5. The van der Waals surface area contributed by atoms with Crippen LogP contribution in [0.15, 0.2) is 83.3 Å². The molecule has 0 heterocycles. The van der Waals surface area contributed by atoms with E-state index >= 15 is 0 Å². The summed E-state index contributed by atoms with van der Waals surface area (Å²) in [4.78, 5) is 28.8. The normalized spacial score (nSPS) is 12.2. The van der Waals surface area contributed by atoms with Crippen LogP contribution in [0, 0.1) is 5.82 Å². The number of nitrogens with one attached hydrogen (secondary N) is 1. The molecule has 0 aromatic heterocycles. The molecule has 0 unspecified atom stereocenters. The van der Waals surface area contributed by atoms with E-state index in [9.17, 15) is 22.4 Å². The van der Waals surface area contributed by atoms with E-state index in [1.807, 2.05) is 54.6 Å². The van der Waals surface area contributed by atoms with Crippen LogP contribution in [0.4, 0.5) is 10.1 Å². The third-order valence-electron chi connectivity index (χ3n) is 6.00. The van der Waals surface area contributed by atoms with Crippen molar-refractivity contribution in [2.75, 3.05) is 31.5 Å². The highest BCUT2D eigenvalue weighted by Crippen LogP contribution is 2.23. The Morgan fingerprint density at radius 2 is 1.59 bits per heavy atom. The van der Waals surface area contributed by atoms with E-state index < -0.39 is 34.5 Å². The SMILES string of the molecule is CCNC(=O)[C@H](Cc1ccccc1)N(Cc1cccc(Br)c1)C(=O)CN(c1ccc(F)cc1)S(=O)(=O)N(C)C. The number of rotatable bonds is 12. The second-order valence-electron chi connectivity index (χ2n) is 9.02. The van der Waals surface area contributed by atoms with Gasteiger partial charge in [0, 0.05) is 38.1 Å². The lowest BCUT2D eigenvalue weighted by molar-refractivity contribution is -0.140. The Kier molecular flexibility index (Phi) is 10.6. The van der Waals surface area contributed by atoms with E-state index in [4.69, 9.17) is 0 Å². The molecule has 11 heteroatoms. The van der Waals surface area contributed by atoms with Crippen molar-refractivity contribution in [3.8, 4) is 0 Å². The van der Waals surface area contributed by atoms with Gasteiger partial charge in [-0.05, 0) is 54.4 Å². The Morgan fingerprint density at radius 1 is 0.949 bits per heavy atom. The topological polar surface area (TPSA) is 90.0 Å². The van der Waals surface area contributed by atoms with Gasteiger partial charge in [-0.2, -0.15) is 12.7 Å². The molecule has 208 valence electrons. The summed E-state index contributed by atoms with van der Waals surface area (Å²) >= 11 is 3.45. The number of hydrogen-bond donors (Lipinski definition) is 1. The van der Waals surface area contributed by atoms with Crippen molar-refractivity contribution in [3.05, 3.63) is 100 Å². The van der Waals surface area contributed by atoms with E-state index in [1.54, 1.807) is 6.92 Å². The first-order valence-corrected chi connectivity index (χ1v) is 14.5. The van der Waals surface area contributed by atoms with Crippen LogP contribution in [-0.4, -0.2) is 62.7 Å². The predicted octanol–water partition coefficient (Wildman–Crippen LogP) is 3.98. The van der Waals surface area contributed by atoms with Crippen molar-refractivity contribution >= 4 is 43.6 Å². The number of anilines is 1. The Bertz CT molecular complexity index is 1370. The fraction of sp³-hybridized carbons (Fsp3) is 0.286. The highest BCUT2D eigenvalue weighted by molar-refractivity contribution is 9.10. The summed E-state index contributed by atoms with van der Waals surface area (Å²) in [7, 11) is -1.44. The monoisotopic (exact) mass is 618 g/mol. The molecule has 0 aliphatic carbocycles. The summed E-state index contributed by atoms with van der Waals surface area (Å²) in [6.45, 7) is 1.62. The molecule has 0 saturated carbocycles. The molecule has 3 rings (SSSR count). The largest absolute Gasteiger partial charge is 0.355 e. The number of hydrogen-bond acceptors (Lipinski definition) is 4. The molecule has 0 saturated heterocycles. The summed E-state index contributed by atoms with van der Waals surface area (Å²) in [5.74, 6) is -1.48. The van der Waals surface area contributed by atoms with Crippen molar-refractivity contribution in [2.45, 2.75) is 25.9 Å². The van der Waals surface area contributed by atoms with Crippen LogP contribution in [0.2, 0.25) is 0 Å². The summed E-state index contributed by atoms with van der Waals surface area (Å²) in [6.07, 6.45) is 0.226. The van der Waals surface area contributed by atoms with E-state index in [0.29, 0.717) is 6.54 Å². The number of amides is 2. The predicted molar refractivity (Wildman–Crippen MR) is 154 cm³/mol. The molecule has 0 fully saturated rings. The zero-order chi connectivity index (χ0) is 28.6. The van der Waals surface area contributed by atoms with Crippen molar-refractivity contribution in [2.24, 2.45) is 0 Å². The minimum Gasteiger partial charge on any atom is -0.355 e. The maximum Gasteiger partial charge on any atom is 0.304 e. The highest BCUT2D eigenvalue weighted by atomic mass is 79.9. The van der Waals surface area contributed by atoms with E-state index in [1.165, 1.54) is 31.1 Å². The van der Waals surface area contributed by atoms with Crippen molar-refractivity contribution in [1.29, 1.82) is 0 Å². The molecule has 3 aromatic rings. The first-order valence-electron chi connectivity index (χ1n) is 12.3. The van der Waals surface area contributed by atoms with Crippen LogP contribution in [0.1, 0.15) is 18.1 Å². The lowest BCUT2D eigenvalue weighted by atomic mass is 10.0. The number of carbonyl (C=O) groups is 2. The Hall–Kier alpha value is -3.28. The highest BCUT2D eigenvalue weighted by Gasteiger charge is 2.34. The molecule has 0 aliphatic heterocycles. The average molecular weight is 620 g/mol. The van der Waals surface area contributed by atoms with Gasteiger partial charge in [0.05, 0.1) is 5.69 Å². The smallest absolute Gasteiger partial charge is 0.304 e. The van der Waals surface area contributed by atoms with Gasteiger partial charge in [-0.25, -0.2) is 8.70 Å². The van der Waals surface area contributed by atoms with Gasteiger partial charge in [0.25, 0.3) is 0 Å². The second kappa shape index (κ2) is 13.7. The Labute approximate surface area is 237 Å². The number of halogens is 2. The van der Waals surface area contributed by atoms with Crippen LogP contribution in [0.3, 0.4) is 0 Å². The maximum absolute atomic E-state index is 14.0. The first-order chi connectivity index (χ1) is 18.5. The van der Waals surface area contributed by atoms with Crippen molar-refractivity contribution in [3.63, 3.8) is 0 Å². The van der Waals surface area contributed by atoms with Gasteiger partial charge in [-0.15, -0.1) is 0 Å². The van der Waals surface area contributed by atoms with Gasteiger partial charge in [0.1, 0.15) is 18.4 Å². The summed E-state index contributed by atoms with van der Waals surface area (Å²) < 4.78 is 42.9. The van der Waals surface area contributed by atoms with Crippen LogP contribution < -0.4 is 9.62 Å². The molecule has 3 aromatic carbocycles. The number of carbonyl (C=O) groups excluding carboxylic acids is 2. The second-order valence-corrected chi connectivity index (χ2v) is 12.0. The van der Waals surface area contributed by atoms with Crippen LogP contribution >= 0.6 is 15.9 Å². The van der Waals surface area contributed by atoms with Crippen molar-refractivity contribution < 1.29 is 22.4 Å². The fourth-order valence-corrected chi connectivity index (χ4v) is 5.50. The van der Waals surface area contributed by atoms with Crippen LogP contribution in [0.5, 0.6) is 0 Å². The summed E-state index contributed by atoms with van der Waals surface area (Å²) in [5.41, 5.74) is 1.72. The molecular formula is C28H32BrFN4O4S. The minimum absolute atomic E-state index is 0.0617. The van der Waals surface area contributed by atoms with E-state index in [-0.39, 0.29) is 24.6 Å². The van der Waals surface area contributed by atoms with Crippen LogP contribution in [0.25, 0.3) is 0 Å². The summed E-state index contributed by atoms with van der Waals surface area (Å²) in [6, 6.07) is 20.6. The number of benzene rings is 3. The Balaban J connectivity index is 2.07. The maximum atomic E-state index is 14.0. The minimum atomic E-state index is -4.14. The van der Waals surface area contributed by atoms with Gasteiger partial charge < -0.3 is 10.2 Å². The fourth-order valence-electron chi connectivity index (χ4n) is 4.00. The Morgan fingerprint density at radius 3 is 2.18 bits per heavy atom. The van der Waals surface area contributed by atoms with E-state index in [0.717, 1.165) is 36.3 Å². The van der Waals surface area contributed by atoms with Crippen LogP contribution in [-0.2, 0) is 32.8 Å². The third kappa shape index (κ3) is 8.11. The number of nitrogens with zero attached hydrogens (tertiary/aromatic N) is 3. The zero-order valence-electron chi connectivity index (χ0n) is 22.1. The molecule has 0 aliphatic rings.